The smallest absolute Gasteiger partial charge is 0.241 e. The first-order valence-corrected chi connectivity index (χ1v) is 9.54. The summed E-state index contributed by atoms with van der Waals surface area (Å²) in [5.41, 5.74) is 0. The summed E-state index contributed by atoms with van der Waals surface area (Å²) in [7, 11) is 0. The number of amides is 1. The molecule has 3 heterocycles. The van der Waals surface area contributed by atoms with Crippen molar-refractivity contribution in [1.82, 2.24) is 10.2 Å². The van der Waals surface area contributed by atoms with Crippen LogP contribution >= 0.6 is 23.1 Å². The van der Waals surface area contributed by atoms with E-state index in [0.29, 0.717) is 11.9 Å². The molecule has 5 heteroatoms. The molecular formula is C15H22N2OS2. The van der Waals surface area contributed by atoms with E-state index in [-0.39, 0.29) is 12.2 Å². The Morgan fingerprint density at radius 1 is 1.50 bits per heavy atom. The van der Waals surface area contributed by atoms with Gasteiger partial charge in [-0.15, -0.1) is 11.3 Å². The summed E-state index contributed by atoms with van der Waals surface area (Å²) in [6, 6.07) is 4.66. The lowest BCUT2D eigenvalue weighted by atomic mass is 10.1. The van der Waals surface area contributed by atoms with Crippen LogP contribution in [-0.4, -0.2) is 34.4 Å². The number of nitrogens with one attached hydrogen (secondary N) is 1. The van der Waals surface area contributed by atoms with E-state index in [1.807, 2.05) is 11.8 Å². The zero-order valence-electron chi connectivity index (χ0n) is 11.9. The number of hydrogen-bond acceptors (Lipinski definition) is 4. The summed E-state index contributed by atoms with van der Waals surface area (Å²) < 4.78 is 0. The van der Waals surface area contributed by atoms with E-state index in [9.17, 15) is 4.79 Å². The maximum atomic E-state index is 12.8. The van der Waals surface area contributed by atoms with Crippen molar-refractivity contribution in [2.24, 2.45) is 0 Å². The Bertz CT molecular complexity index is 443. The van der Waals surface area contributed by atoms with Gasteiger partial charge in [0, 0.05) is 16.7 Å². The van der Waals surface area contributed by atoms with Crippen molar-refractivity contribution < 1.29 is 4.79 Å². The fraction of sp³-hybridized carbons (Fsp3) is 0.667. The predicted molar refractivity (Wildman–Crippen MR) is 86.1 cm³/mol. The number of carbonyl (C=O) groups is 1. The standard InChI is InChI=1S/C15H22N2OS2/c1-2-3-5-12-15(18)17(11-7-9-19-10-11)14(16-12)13-6-4-8-20-13/h4,6,8,11-12,14,16H,2-3,5,7,9-10H2,1H3. The topological polar surface area (TPSA) is 32.3 Å². The fourth-order valence-corrected chi connectivity index (χ4v) is 5.05. The molecule has 2 saturated heterocycles. The summed E-state index contributed by atoms with van der Waals surface area (Å²) in [6.45, 7) is 2.18. The van der Waals surface area contributed by atoms with Gasteiger partial charge in [-0.1, -0.05) is 25.8 Å². The van der Waals surface area contributed by atoms with Crippen LogP contribution in [0.2, 0.25) is 0 Å². The average Bonchev–Trinajstić information content (AvgIpc) is 3.17. The zero-order valence-corrected chi connectivity index (χ0v) is 13.5. The highest BCUT2D eigenvalue weighted by molar-refractivity contribution is 7.99. The van der Waals surface area contributed by atoms with E-state index in [4.69, 9.17) is 0 Å². The minimum absolute atomic E-state index is 0.0210. The number of hydrogen-bond donors (Lipinski definition) is 1. The molecule has 3 nitrogen and oxygen atoms in total. The Morgan fingerprint density at radius 3 is 3.05 bits per heavy atom. The molecule has 1 amide bonds. The highest BCUT2D eigenvalue weighted by Crippen LogP contribution is 2.35. The Labute approximate surface area is 129 Å². The van der Waals surface area contributed by atoms with Crippen LogP contribution in [0.4, 0.5) is 0 Å². The lowest BCUT2D eigenvalue weighted by Gasteiger charge is -2.29. The second-order valence-corrected chi connectivity index (χ2v) is 7.67. The summed E-state index contributed by atoms with van der Waals surface area (Å²) >= 11 is 3.72. The Hall–Kier alpha value is -0.520. The van der Waals surface area contributed by atoms with Crippen molar-refractivity contribution in [3.63, 3.8) is 0 Å². The van der Waals surface area contributed by atoms with Gasteiger partial charge >= 0.3 is 0 Å². The number of carbonyl (C=O) groups excluding carboxylic acids is 1. The Balaban J connectivity index is 1.80. The van der Waals surface area contributed by atoms with Gasteiger partial charge in [-0.2, -0.15) is 11.8 Å². The van der Waals surface area contributed by atoms with Crippen LogP contribution in [0.15, 0.2) is 17.5 Å². The average molecular weight is 310 g/mol. The zero-order chi connectivity index (χ0) is 13.9. The lowest BCUT2D eigenvalue weighted by Crippen LogP contribution is -2.40. The van der Waals surface area contributed by atoms with Gasteiger partial charge in [0.25, 0.3) is 0 Å². The number of unbranched alkanes of at least 4 members (excludes halogenated alkanes) is 1. The molecule has 0 spiro atoms. The largest absolute Gasteiger partial charge is 0.317 e. The normalized spacial score (nSPS) is 30.4. The minimum Gasteiger partial charge on any atom is -0.317 e. The van der Waals surface area contributed by atoms with Gasteiger partial charge in [-0.25, -0.2) is 0 Å². The summed E-state index contributed by atoms with van der Waals surface area (Å²) in [4.78, 5) is 16.2. The number of thioether (sulfide) groups is 1. The number of rotatable bonds is 5. The molecule has 1 aromatic heterocycles. The molecule has 0 aromatic carbocycles. The van der Waals surface area contributed by atoms with Crippen LogP contribution < -0.4 is 5.32 Å². The molecule has 1 aromatic rings. The maximum absolute atomic E-state index is 12.8. The van der Waals surface area contributed by atoms with Gasteiger partial charge in [0.15, 0.2) is 0 Å². The van der Waals surface area contributed by atoms with E-state index < -0.39 is 0 Å². The highest BCUT2D eigenvalue weighted by Gasteiger charge is 2.43. The molecular weight excluding hydrogens is 288 g/mol. The quantitative estimate of drug-likeness (QED) is 0.906. The second kappa shape index (κ2) is 6.50. The number of nitrogens with zero attached hydrogens (tertiary/aromatic N) is 1. The highest BCUT2D eigenvalue weighted by atomic mass is 32.2. The van der Waals surface area contributed by atoms with Crippen molar-refractivity contribution in [3.8, 4) is 0 Å². The number of thiophene rings is 1. The molecule has 2 aliphatic heterocycles. The SMILES string of the molecule is CCCCC1NC(c2cccs2)N(C2CCSC2)C1=O. The van der Waals surface area contributed by atoms with Crippen molar-refractivity contribution in [2.75, 3.05) is 11.5 Å². The van der Waals surface area contributed by atoms with E-state index in [1.165, 1.54) is 10.6 Å². The third-order valence-electron chi connectivity index (χ3n) is 4.15. The van der Waals surface area contributed by atoms with Crippen LogP contribution in [0.5, 0.6) is 0 Å². The van der Waals surface area contributed by atoms with Crippen LogP contribution in [-0.2, 0) is 4.79 Å². The monoisotopic (exact) mass is 310 g/mol. The van der Waals surface area contributed by atoms with Crippen LogP contribution in [0.3, 0.4) is 0 Å². The van der Waals surface area contributed by atoms with Gasteiger partial charge in [0.1, 0.15) is 6.17 Å². The molecule has 2 aliphatic rings. The van der Waals surface area contributed by atoms with E-state index >= 15 is 0 Å². The summed E-state index contributed by atoms with van der Waals surface area (Å²) in [5, 5.41) is 5.68. The van der Waals surface area contributed by atoms with Crippen LogP contribution in [0, 0.1) is 0 Å². The molecule has 3 unspecified atom stereocenters. The van der Waals surface area contributed by atoms with Gasteiger partial charge in [0.05, 0.1) is 6.04 Å². The van der Waals surface area contributed by atoms with E-state index in [2.05, 4.69) is 34.7 Å². The molecule has 110 valence electrons. The second-order valence-electron chi connectivity index (χ2n) is 5.54. The van der Waals surface area contributed by atoms with Gasteiger partial charge in [-0.3, -0.25) is 10.1 Å². The Kier molecular flexibility index (Phi) is 4.68. The molecule has 2 fully saturated rings. The molecule has 0 bridgehead atoms. The first-order chi connectivity index (χ1) is 9.81. The molecule has 0 saturated carbocycles. The fourth-order valence-electron chi connectivity index (χ4n) is 3.06. The van der Waals surface area contributed by atoms with Gasteiger partial charge in [0.2, 0.25) is 5.91 Å². The third kappa shape index (κ3) is 2.76. The van der Waals surface area contributed by atoms with Crippen molar-refractivity contribution >= 4 is 29.0 Å². The molecule has 0 aliphatic carbocycles. The van der Waals surface area contributed by atoms with Crippen molar-refractivity contribution in [1.29, 1.82) is 0 Å². The molecule has 20 heavy (non-hydrogen) atoms. The van der Waals surface area contributed by atoms with Crippen molar-refractivity contribution in [2.45, 2.75) is 50.9 Å². The first kappa shape index (κ1) is 14.4. The first-order valence-electron chi connectivity index (χ1n) is 7.50. The molecule has 0 radical (unpaired) electrons. The van der Waals surface area contributed by atoms with Gasteiger partial charge < -0.3 is 4.90 Å². The Morgan fingerprint density at radius 2 is 2.40 bits per heavy atom. The molecule has 1 N–H and O–H groups in total. The maximum Gasteiger partial charge on any atom is 0.241 e. The summed E-state index contributed by atoms with van der Waals surface area (Å²) in [5.74, 6) is 2.60. The van der Waals surface area contributed by atoms with Gasteiger partial charge in [-0.05, 0) is 30.0 Å². The molecule has 3 rings (SSSR count). The van der Waals surface area contributed by atoms with E-state index in [0.717, 1.165) is 31.4 Å². The predicted octanol–water partition coefficient (Wildman–Crippen LogP) is 3.24. The lowest BCUT2D eigenvalue weighted by molar-refractivity contribution is -0.132. The third-order valence-corrected chi connectivity index (χ3v) is 6.22. The minimum atomic E-state index is 0.0210. The van der Waals surface area contributed by atoms with E-state index in [1.54, 1.807) is 11.3 Å². The molecule has 3 atom stereocenters. The van der Waals surface area contributed by atoms with Crippen LogP contribution in [0.25, 0.3) is 0 Å². The summed E-state index contributed by atoms with van der Waals surface area (Å²) in [6.07, 6.45) is 4.48. The van der Waals surface area contributed by atoms with Crippen LogP contribution in [0.1, 0.15) is 43.6 Å². The van der Waals surface area contributed by atoms with Crippen molar-refractivity contribution in [3.05, 3.63) is 22.4 Å².